The molecule has 1 aromatic heterocycles. The predicted octanol–water partition coefficient (Wildman–Crippen LogP) is 3.87. The first-order valence-electron chi connectivity index (χ1n) is 9.08. The Balaban J connectivity index is 1.67. The van der Waals surface area contributed by atoms with Crippen LogP contribution in [0.3, 0.4) is 0 Å². The molecule has 0 unspecified atom stereocenters. The number of nitrogens with two attached hydrogens (primary N) is 1. The topological polar surface area (TPSA) is 92.6 Å². The molecule has 0 aliphatic heterocycles. The second-order valence-electron chi connectivity index (χ2n) is 6.72. The normalized spacial score (nSPS) is 14.7. The van der Waals surface area contributed by atoms with Crippen molar-refractivity contribution >= 4 is 45.4 Å². The van der Waals surface area contributed by atoms with Crippen LogP contribution in [-0.4, -0.2) is 16.7 Å². The molecule has 1 aliphatic carbocycles. The first-order valence-corrected chi connectivity index (χ1v) is 9.49. The number of thiocarbonyl (C=S) groups is 1. The van der Waals surface area contributed by atoms with Crippen LogP contribution in [0.15, 0.2) is 52.0 Å². The molecule has 1 amide bonds. The number of nitrogens with one attached hydrogen (secondary N) is 2. The summed E-state index contributed by atoms with van der Waals surface area (Å²) in [6.45, 7) is 1.88. The van der Waals surface area contributed by atoms with Gasteiger partial charge in [0, 0.05) is 28.6 Å². The van der Waals surface area contributed by atoms with Gasteiger partial charge in [0.05, 0.1) is 5.71 Å². The number of amides is 1. The number of furan rings is 1. The van der Waals surface area contributed by atoms with Gasteiger partial charge in [0.1, 0.15) is 5.76 Å². The Labute approximate surface area is 167 Å². The van der Waals surface area contributed by atoms with E-state index >= 15 is 0 Å². The van der Waals surface area contributed by atoms with Gasteiger partial charge in [-0.1, -0.05) is 36.4 Å². The summed E-state index contributed by atoms with van der Waals surface area (Å²) in [6.07, 6.45) is 2.43. The molecule has 1 aliphatic rings. The monoisotopic (exact) mass is 392 g/mol. The Morgan fingerprint density at radius 3 is 2.79 bits per heavy atom. The molecular weight excluding hydrogens is 372 g/mol. The number of carbonyl (C=O) groups is 1. The third-order valence-corrected chi connectivity index (χ3v) is 4.96. The highest BCUT2D eigenvalue weighted by Crippen LogP contribution is 2.31. The number of benzene rings is 2. The largest absolute Gasteiger partial charge is 0.455 e. The molecule has 2 aromatic carbocycles. The maximum absolute atomic E-state index is 13.0. The molecule has 28 heavy (non-hydrogen) atoms. The molecule has 142 valence electrons. The molecule has 0 saturated heterocycles. The first kappa shape index (κ1) is 18.2. The third-order valence-electron chi connectivity index (χ3n) is 4.87. The summed E-state index contributed by atoms with van der Waals surface area (Å²) in [6, 6.07) is 13.7. The lowest BCUT2D eigenvalue weighted by Gasteiger charge is -2.13. The highest BCUT2D eigenvalue weighted by atomic mass is 32.1. The van der Waals surface area contributed by atoms with Gasteiger partial charge in [-0.05, 0) is 43.4 Å². The maximum atomic E-state index is 13.0. The van der Waals surface area contributed by atoms with Gasteiger partial charge in [-0.2, -0.15) is 5.10 Å². The van der Waals surface area contributed by atoms with Crippen molar-refractivity contribution in [2.75, 3.05) is 5.32 Å². The molecule has 0 spiro atoms. The zero-order chi connectivity index (χ0) is 19.7. The lowest BCUT2D eigenvalue weighted by atomic mass is 9.93. The van der Waals surface area contributed by atoms with E-state index in [1.54, 1.807) is 0 Å². The van der Waals surface area contributed by atoms with E-state index in [9.17, 15) is 4.79 Å². The lowest BCUT2D eigenvalue weighted by Crippen LogP contribution is -2.26. The average molecular weight is 392 g/mol. The number of rotatable bonds is 3. The number of nitrogens with zero attached hydrogens (tertiary/aromatic N) is 1. The van der Waals surface area contributed by atoms with Crippen molar-refractivity contribution < 1.29 is 9.21 Å². The molecule has 0 bridgehead atoms. The van der Waals surface area contributed by atoms with Crippen LogP contribution in [0, 0.1) is 6.92 Å². The number of aryl methyl sites for hydroxylation is 1. The molecule has 0 atom stereocenters. The van der Waals surface area contributed by atoms with Crippen LogP contribution in [0.25, 0.3) is 10.8 Å². The first-order chi connectivity index (χ1) is 13.5. The summed E-state index contributed by atoms with van der Waals surface area (Å²) in [5.41, 5.74) is 11.3. The van der Waals surface area contributed by atoms with Gasteiger partial charge in [0.15, 0.2) is 10.9 Å². The fourth-order valence-electron chi connectivity index (χ4n) is 3.63. The molecule has 1 heterocycles. The summed E-state index contributed by atoms with van der Waals surface area (Å²) in [7, 11) is 0. The van der Waals surface area contributed by atoms with E-state index < -0.39 is 0 Å². The molecule has 7 heteroatoms. The smallest absolute Gasteiger partial charge is 0.291 e. The Morgan fingerprint density at radius 1 is 1.18 bits per heavy atom. The second kappa shape index (κ2) is 7.44. The van der Waals surface area contributed by atoms with E-state index in [1.165, 1.54) is 0 Å². The zero-order valence-corrected chi connectivity index (χ0v) is 16.2. The molecular formula is C21H20N4O2S. The van der Waals surface area contributed by atoms with Gasteiger partial charge in [0.25, 0.3) is 5.91 Å². The van der Waals surface area contributed by atoms with E-state index in [1.807, 2.05) is 49.4 Å². The summed E-state index contributed by atoms with van der Waals surface area (Å²) < 4.78 is 5.94. The minimum atomic E-state index is -0.273. The van der Waals surface area contributed by atoms with E-state index in [-0.39, 0.29) is 11.0 Å². The summed E-state index contributed by atoms with van der Waals surface area (Å²) in [5, 5.41) is 9.43. The minimum absolute atomic E-state index is 0.106. The van der Waals surface area contributed by atoms with Crippen LogP contribution in [0.1, 0.15) is 40.3 Å². The van der Waals surface area contributed by atoms with E-state index in [2.05, 4.69) is 15.8 Å². The highest BCUT2D eigenvalue weighted by Gasteiger charge is 2.28. The van der Waals surface area contributed by atoms with Crippen LogP contribution in [-0.2, 0) is 6.42 Å². The predicted molar refractivity (Wildman–Crippen MR) is 115 cm³/mol. The Morgan fingerprint density at radius 2 is 1.96 bits per heavy atom. The zero-order valence-electron chi connectivity index (χ0n) is 15.4. The second-order valence-corrected chi connectivity index (χ2v) is 7.16. The number of hydrazone groups is 1. The maximum Gasteiger partial charge on any atom is 0.291 e. The molecule has 6 nitrogen and oxygen atoms in total. The fraction of sp³-hybridized carbons (Fsp3) is 0.190. The van der Waals surface area contributed by atoms with Crippen LogP contribution in [0.4, 0.5) is 5.69 Å². The van der Waals surface area contributed by atoms with Gasteiger partial charge in [-0.25, -0.2) is 0 Å². The van der Waals surface area contributed by atoms with Crippen molar-refractivity contribution in [3.05, 3.63) is 65.1 Å². The lowest BCUT2D eigenvalue weighted by molar-refractivity contribution is 0.0994. The quantitative estimate of drug-likeness (QED) is 0.465. The number of carbonyl (C=O) groups excluding carboxylic acids is 1. The molecule has 0 fully saturated rings. The number of hydrogen-bond donors (Lipinski definition) is 3. The van der Waals surface area contributed by atoms with Gasteiger partial charge < -0.3 is 15.5 Å². The number of hydrogen-bond acceptors (Lipinski definition) is 4. The van der Waals surface area contributed by atoms with Crippen molar-refractivity contribution in [2.45, 2.75) is 26.2 Å². The summed E-state index contributed by atoms with van der Waals surface area (Å²) in [4.78, 5) is 13.0. The van der Waals surface area contributed by atoms with Gasteiger partial charge in [0.2, 0.25) is 0 Å². The van der Waals surface area contributed by atoms with E-state index in [0.29, 0.717) is 5.76 Å². The minimum Gasteiger partial charge on any atom is -0.455 e. The summed E-state index contributed by atoms with van der Waals surface area (Å²) in [5.74, 6) is 0.808. The average Bonchev–Trinajstić information content (AvgIpc) is 3.04. The SMILES string of the molecule is Cc1c(C(=O)Nc2cccc3ccccc23)oc2c1/C(=N/NC(N)=S)CCC2. The highest BCUT2D eigenvalue weighted by molar-refractivity contribution is 7.80. The standard InChI is InChI=1S/C21H20N4O2S/c1-12-18-16(24-25-21(22)28)10-5-11-17(18)27-19(12)20(26)23-15-9-4-7-13-6-2-3-8-14(13)15/h2-4,6-9H,5,10-11H2,1H3,(H,23,26)(H3,22,25,28)/b24-16+. The Kier molecular flexibility index (Phi) is 4.83. The van der Waals surface area contributed by atoms with Crippen LogP contribution in [0.2, 0.25) is 0 Å². The number of fused-ring (bicyclic) bond motifs is 2. The van der Waals surface area contributed by atoms with Crippen LogP contribution >= 0.6 is 12.2 Å². The Bertz CT molecular complexity index is 1110. The molecule has 4 rings (SSSR count). The van der Waals surface area contributed by atoms with Crippen molar-refractivity contribution in [1.29, 1.82) is 0 Å². The van der Waals surface area contributed by atoms with Crippen molar-refractivity contribution in [3.8, 4) is 0 Å². The molecule has 0 saturated carbocycles. The molecule has 0 radical (unpaired) electrons. The molecule has 3 aromatic rings. The van der Waals surface area contributed by atoms with Crippen molar-refractivity contribution in [3.63, 3.8) is 0 Å². The van der Waals surface area contributed by atoms with E-state index in [4.69, 9.17) is 22.4 Å². The Hall–Kier alpha value is -3.19. The molecule has 4 N–H and O–H groups in total. The van der Waals surface area contributed by atoms with Gasteiger partial charge in [-0.3, -0.25) is 10.2 Å². The third kappa shape index (κ3) is 3.36. The van der Waals surface area contributed by atoms with Crippen LogP contribution in [0.5, 0.6) is 0 Å². The van der Waals surface area contributed by atoms with Crippen molar-refractivity contribution in [2.24, 2.45) is 10.8 Å². The van der Waals surface area contributed by atoms with Crippen LogP contribution < -0.4 is 16.5 Å². The van der Waals surface area contributed by atoms with E-state index in [0.717, 1.165) is 58.3 Å². The number of anilines is 1. The van der Waals surface area contributed by atoms with Gasteiger partial charge in [-0.15, -0.1) is 0 Å². The van der Waals surface area contributed by atoms with Crippen molar-refractivity contribution in [1.82, 2.24) is 5.43 Å². The fourth-order valence-corrected chi connectivity index (χ4v) is 3.68. The summed E-state index contributed by atoms with van der Waals surface area (Å²) >= 11 is 4.83. The van der Waals surface area contributed by atoms with Gasteiger partial charge >= 0.3 is 0 Å².